The number of amides is 1. The molecule has 0 aliphatic carbocycles. The molecular formula is C10H8BrF2NO3S. The van der Waals surface area contributed by atoms with Gasteiger partial charge in [0.15, 0.2) is 0 Å². The van der Waals surface area contributed by atoms with Crippen molar-refractivity contribution in [2.75, 3.05) is 11.4 Å². The van der Waals surface area contributed by atoms with Gasteiger partial charge in [-0.3, -0.25) is 4.79 Å². The van der Waals surface area contributed by atoms with Crippen molar-refractivity contribution >= 4 is 37.7 Å². The zero-order chi connectivity index (χ0) is 13.5. The molecule has 0 spiro atoms. The summed E-state index contributed by atoms with van der Waals surface area (Å²) in [7, 11) is -4.80. The van der Waals surface area contributed by atoms with Crippen molar-refractivity contribution in [1.29, 1.82) is 0 Å². The van der Waals surface area contributed by atoms with Gasteiger partial charge in [-0.15, -0.1) is 3.89 Å². The fourth-order valence-corrected chi connectivity index (χ4v) is 3.05. The molecular weight excluding hydrogens is 332 g/mol. The minimum atomic E-state index is -4.80. The van der Waals surface area contributed by atoms with E-state index in [-0.39, 0.29) is 12.2 Å². The Morgan fingerprint density at radius 2 is 2.06 bits per heavy atom. The van der Waals surface area contributed by atoms with Gasteiger partial charge in [-0.25, -0.2) is 4.39 Å². The van der Waals surface area contributed by atoms with Crippen LogP contribution in [0, 0.1) is 5.82 Å². The Kier molecular flexibility index (Phi) is 3.41. The van der Waals surface area contributed by atoms with Crippen LogP contribution >= 0.6 is 15.9 Å². The predicted octanol–water partition coefficient (Wildman–Crippen LogP) is 1.99. The first-order valence-corrected chi connectivity index (χ1v) is 7.22. The first kappa shape index (κ1) is 13.4. The number of benzene rings is 1. The fraction of sp³-hybridized carbons (Fsp3) is 0.300. The molecule has 2 rings (SSSR count). The highest BCUT2D eigenvalue weighted by Gasteiger charge is 2.40. The van der Waals surface area contributed by atoms with Crippen LogP contribution in [0.3, 0.4) is 0 Å². The molecule has 1 atom stereocenters. The number of hydrogen-bond donors (Lipinski definition) is 0. The van der Waals surface area contributed by atoms with Crippen LogP contribution in [0.5, 0.6) is 0 Å². The summed E-state index contributed by atoms with van der Waals surface area (Å²) in [5.74, 6) is -1.29. The first-order valence-electron chi connectivity index (χ1n) is 4.98. The van der Waals surface area contributed by atoms with E-state index < -0.39 is 33.6 Å². The number of hydrogen-bond acceptors (Lipinski definition) is 3. The van der Waals surface area contributed by atoms with Gasteiger partial charge in [-0.2, -0.15) is 8.42 Å². The molecule has 0 saturated carbocycles. The average molecular weight is 340 g/mol. The molecule has 1 heterocycles. The van der Waals surface area contributed by atoms with Gasteiger partial charge in [0.25, 0.3) is 0 Å². The highest BCUT2D eigenvalue weighted by atomic mass is 79.9. The van der Waals surface area contributed by atoms with Crippen molar-refractivity contribution in [2.45, 2.75) is 11.7 Å². The standard InChI is InChI=1S/C10H8BrF2NO3S/c11-7-2-1-3-8(12)10(7)14-5-6(4-9(14)15)18(13,16)17/h1-3,6H,4-5H2. The van der Waals surface area contributed by atoms with Crippen molar-refractivity contribution in [3.63, 3.8) is 0 Å². The molecule has 98 valence electrons. The van der Waals surface area contributed by atoms with Gasteiger partial charge in [0.1, 0.15) is 11.1 Å². The van der Waals surface area contributed by atoms with Crippen LogP contribution in [-0.4, -0.2) is 26.1 Å². The Morgan fingerprint density at radius 3 is 2.56 bits per heavy atom. The summed E-state index contributed by atoms with van der Waals surface area (Å²) >= 11 is 3.08. The lowest BCUT2D eigenvalue weighted by Gasteiger charge is -2.18. The van der Waals surface area contributed by atoms with Crippen molar-refractivity contribution in [2.24, 2.45) is 0 Å². The summed E-state index contributed by atoms with van der Waals surface area (Å²) < 4.78 is 48.3. The quantitative estimate of drug-likeness (QED) is 0.774. The Hall–Kier alpha value is -1.02. The normalized spacial score (nSPS) is 20.5. The van der Waals surface area contributed by atoms with Crippen molar-refractivity contribution in [1.82, 2.24) is 0 Å². The van der Waals surface area contributed by atoms with Crippen molar-refractivity contribution < 1.29 is 21.5 Å². The molecule has 0 aromatic heterocycles. The fourth-order valence-electron chi connectivity index (χ4n) is 1.83. The summed E-state index contributed by atoms with van der Waals surface area (Å²) in [5, 5.41) is -1.43. The predicted molar refractivity (Wildman–Crippen MR) is 64.9 cm³/mol. The lowest BCUT2D eigenvalue weighted by Crippen LogP contribution is -2.28. The largest absolute Gasteiger partial charge is 0.307 e. The molecule has 8 heteroatoms. The number of para-hydroxylation sites is 1. The van der Waals surface area contributed by atoms with Crippen molar-refractivity contribution in [3.8, 4) is 0 Å². The third kappa shape index (κ3) is 2.39. The maximum Gasteiger partial charge on any atom is 0.307 e. The third-order valence-electron chi connectivity index (χ3n) is 2.70. The molecule has 1 aromatic carbocycles. The van der Waals surface area contributed by atoms with E-state index in [1.165, 1.54) is 12.1 Å². The smallest absolute Gasteiger partial charge is 0.307 e. The number of nitrogens with zero attached hydrogens (tertiary/aromatic N) is 1. The van der Waals surface area contributed by atoms with E-state index in [0.717, 1.165) is 11.0 Å². The second-order valence-corrected chi connectivity index (χ2v) is 6.35. The SMILES string of the molecule is O=C1CC(S(=O)(=O)F)CN1c1c(F)cccc1Br. The van der Waals surface area contributed by atoms with E-state index in [9.17, 15) is 21.5 Å². The molecule has 1 fully saturated rings. The second kappa shape index (κ2) is 4.58. The molecule has 0 bridgehead atoms. The molecule has 1 aliphatic rings. The summed E-state index contributed by atoms with van der Waals surface area (Å²) in [6.07, 6.45) is -0.473. The number of carbonyl (C=O) groups excluding carboxylic acids is 1. The number of halogens is 3. The van der Waals surface area contributed by atoms with Gasteiger partial charge < -0.3 is 4.90 Å². The molecule has 1 aromatic rings. The molecule has 1 amide bonds. The summed E-state index contributed by atoms with van der Waals surface area (Å²) in [5.41, 5.74) is -0.0614. The molecule has 1 saturated heterocycles. The van der Waals surface area contributed by atoms with Gasteiger partial charge >= 0.3 is 10.2 Å². The van der Waals surface area contributed by atoms with E-state index in [0.29, 0.717) is 4.47 Å². The average Bonchev–Trinajstić information content (AvgIpc) is 2.60. The minimum Gasteiger partial charge on any atom is -0.307 e. The Bertz CT molecular complexity index is 585. The Morgan fingerprint density at radius 1 is 1.39 bits per heavy atom. The molecule has 0 N–H and O–H groups in total. The second-order valence-electron chi connectivity index (χ2n) is 3.88. The van der Waals surface area contributed by atoms with Gasteiger partial charge in [0.2, 0.25) is 5.91 Å². The lowest BCUT2D eigenvalue weighted by atomic mass is 10.3. The highest BCUT2D eigenvalue weighted by molar-refractivity contribution is 9.10. The van der Waals surface area contributed by atoms with Crippen LogP contribution < -0.4 is 4.90 Å². The monoisotopic (exact) mass is 339 g/mol. The molecule has 18 heavy (non-hydrogen) atoms. The maximum atomic E-state index is 13.6. The summed E-state index contributed by atoms with van der Waals surface area (Å²) in [6.45, 7) is -0.378. The van der Waals surface area contributed by atoms with E-state index in [1.54, 1.807) is 0 Å². The van der Waals surface area contributed by atoms with Gasteiger partial charge in [-0.1, -0.05) is 6.07 Å². The molecule has 4 nitrogen and oxygen atoms in total. The molecule has 1 aliphatic heterocycles. The van der Waals surface area contributed by atoms with Gasteiger partial charge in [0, 0.05) is 17.4 Å². The van der Waals surface area contributed by atoms with Gasteiger partial charge in [-0.05, 0) is 28.1 Å². The lowest BCUT2D eigenvalue weighted by molar-refractivity contribution is -0.117. The third-order valence-corrected chi connectivity index (χ3v) is 4.45. The molecule has 1 unspecified atom stereocenters. The number of anilines is 1. The first-order chi connectivity index (χ1) is 8.30. The number of rotatable bonds is 2. The van der Waals surface area contributed by atoms with Crippen LogP contribution in [0.2, 0.25) is 0 Å². The Balaban J connectivity index is 2.39. The topological polar surface area (TPSA) is 54.5 Å². The molecule has 0 radical (unpaired) electrons. The summed E-state index contributed by atoms with van der Waals surface area (Å²) in [4.78, 5) is 12.6. The van der Waals surface area contributed by atoms with Crippen LogP contribution in [0.15, 0.2) is 22.7 Å². The minimum absolute atomic E-state index is 0.0614. The number of carbonyl (C=O) groups is 1. The zero-order valence-electron chi connectivity index (χ0n) is 8.94. The Labute approximate surface area is 111 Å². The van der Waals surface area contributed by atoms with E-state index in [1.807, 2.05) is 0 Å². The van der Waals surface area contributed by atoms with E-state index in [2.05, 4.69) is 15.9 Å². The van der Waals surface area contributed by atoms with E-state index in [4.69, 9.17) is 0 Å². The summed E-state index contributed by atoms with van der Waals surface area (Å²) in [6, 6.07) is 4.10. The highest BCUT2D eigenvalue weighted by Crippen LogP contribution is 2.33. The van der Waals surface area contributed by atoms with Crippen LogP contribution in [0.4, 0.5) is 14.0 Å². The van der Waals surface area contributed by atoms with Crippen LogP contribution in [0.25, 0.3) is 0 Å². The zero-order valence-corrected chi connectivity index (χ0v) is 11.3. The van der Waals surface area contributed by atoms with Crippen molar-refractivity contribution in [3.05, 3.63) is 28.5 Å². The van der Waals surface area contributed by atoms with Gasteiger partial charge in [0.05, 0.1) is 5.69 Å². The van der Waals surface area contributed by atoms with Crippen LogP contribution in [-0.2, 0) is 15.0 Å². The van der Waals surface area contributed by atoms with E-state index >= 15 is 0 Å². The van der Waals surface area contributed by atoms with Crippen LogP contribution in [0.1, 0.15) is 6.42 Å². The maximum absolute atomic E-state index is 13.6.